The van der Waals surface area contributed by atoms with E-state index >= 15 is 0 Å². The summed E-state index contributed by atoms with van der Waals surface area (Å²) in [5.41, 5.74) is 3.41. The van der Waals surface area contributed by atoms with Gasteiger partial charge in [-0.2, -0.15) is 4.98 Å². The topological polar surface area (TPSA) is 81.3 Å². The van der Waals surface area contributed by atoms with Gasteiger partial charge in [0.15, 0.2) is 0 Å². The molecule has 0 radical (unpaired) electrons. The van der Waals surface area contributed by atoms with E-state index < -0.39 is 0 Å². The van der Waals surface area contributed by atoms with Gasteiger partial charge >= 0.3 is 0 Å². The molecule has 2 aliphatic rings. The highest BCUT2D eigenvalue weighted by atomic mass is 32.2. The standard InChI is InChI=1S/C22H25N7OS2/c1-13-11-14(2)29-21(23-13)26-22(27-29)32-20-18-15-5-3-4-6-16(15)31-19(18)24-17(25-20)12-28-7-9-30-10-8-28/h11H,3-10,12H2,1-2H3. The zero-order chi connectivity index (χ0) is 21.7. The molecule has 0 unspecified atom stereocenters. The molecule has 1 aliphatic heterocycles. The highest BCUT2D eigenvalue weighted by Crippen LogP contribution is 2.41. The Morgan fingerprint density at radius 2 is 1.91 bits per heavy atom. The van der Waals surface area contributed by atoms with Crippen LogP contribution in [0, 0.1) is 13.8 Å². The fourth-order valence-electron chi connectivity index (χ4n) is 4.55. The predicted molar refractivity (Wildman–Crippen MR) is 125 cm³/mol. The van der Waals surface area contributed by atoms with Crippen LogP contribution in [0.1, 0.15) is 40.5 Å². The lowest BCUT2D eigenvalue weighted by atomic mass is 9.97. The molecule has 4 aromatic heterocycles. The SMILES string of the molecule is Cc1cc(C)n2nc(Sc3nc(CN4CCOCC4)nc4sc5c(c34)CCCC5)nc2n1. The van der Waals surface area contributed by atoms with Crippen molar-refractivity contribution in [2.24, 2.45) is 0 Å². The summed E-state index contributed by atoms with van der Waals surface area (Å²) in [6.45, 7) is 8.14. The third kappa shape index (κ3) is 3.79. The Morgan fingerprint density at radius 3 is 2.78 bits per heavy atom. The molecule has 0 spiro atoms. The van der Waals surface area contributed by atoms with Gasteiger partial charge in [-0.1, -0.05) is 0 Å². The summed E-state index contributed by atoms with van der Waals surface area (Å²) in [4.78, 5) is 24.2. The van der Waals surface area contributed by atoms with Crippen molar-refractivity contribution in [1.82, 2.24) is 34.4 Å². The van der Waals surface area contributed by atoms with Gasteiger partial charge in [-0.05, 0) is 62.9 Å². The van der Waals surface area contributed by atoms with E-state index in [1.165, 1.54) is 28.7 Å². The lowest BCUT2D eigenvalue weighted by Crippen LogP contribution is -2.36. The van der Waals surface area contributed by atoms with E-state index in [1.807, 2.05) is 35.8 Å². The molecule has 1 saturated heterocycles. The molecule has 0 atom stereocenters. The molecule has 1 aliphatic carbocycles. The molecule has 10 heteroatoms. The van der Waals surface area contributed by atoms with Gasteiger partial charge in [0.25, 0.3) is 5.78 Å². The average molecular weight is 468 g/mol. The van der Waals surface area contributed by atoms with Gasteiger partial charge in [-0.25, -0.2) is 19.5 Å². The first-order valence-electron chi connectivity index (χ1n) is 11.1. The Kier molecular flexibility index (Phi) is 5.33. The van der Waals surface area contributed by atoms with Crippen LogP contribution in [-0.2, 0) is 24.1 Å². The van der Waals surface area contributed by atoms with E-state index in [1.54, 1.807) is 11.8 Å². The van der Waals surface area contributed by atoms with Crippen molar-refractivity contribution in [3.8, 4) is 0 Å². The minimum absolute atomic E-state index is 0.635. The molecule has 0 N–H and O–H groups in total. The second-order valence-corrected chi connectivity index (χ2v) is 10.5. The van der Waals surface area contributed by atoms with Gasteiger partial charge in [0.1, 0.15) is 15.7 Å². The zero-order valence-electron chi connectivity index (χ0n) is 18.3. The van der Waals surface area contributed by atoms with Crippen LogP contribution in [0.2, 0.25) is 0 Å². The first-order valence-corrected chi connectivity index (χ1v) is 12.8. The van der Waals surface area contributed by atoms with Crippen LogP contribution in [0.3, 0.4) is 0 Å². The Hall–Kier alpha value is -2.14. The van der Waals surface area contributed by atoms with Gasteiger partial charge in [0, 0.05) is 34.7 Å². The van der Waals surface area contributed by atoms with Crippen LogP contribution in [0.15, 0.2) is 16.2 Å². The molecular formula is C22H25N7OS2. The maximum atomic E-state index is 5.50. The molecule has 166 valence electrons. The van der Waals surface area contributed by atoms with E-state index in [-0.39, 0.29) is 0 Å². The molecule has 6 rings (SSSR count). The largest absolute Gasteiger partial charge is 0.379 e. The number of rotatable bonds is 4. The van der Waals surface area contributed by atoms with Crippen molar-refractivity contribution in [2.75, 3.05) is 26.3 Å². The van der Waals surface area contributed by atoms with Crippen LogP contribution < -0.4 is 0 Å². The number of thiophene rings is 1. The summed E-state index contributed by atoms with van der Waals surface area (Å²) in [5.74, 6) is 1.51. The number of ether oxygens (including phenoxy) is 1. The molecular weight excluding hydrogens is 442 g/mol. The maximum absolute atomic E-state index is 5.50. The smallest absolute Gasteiger partial charge is 0.253 e. The lowest BCUT2D eigenvalue weighted by molar-refractivity contribution is 0.0330. The minimum atomic E-state index is 0.635. The van der Waals surface area contributed by atoms with Crippen molar-refractivity contribution < 1.29 is 4.74 Å². The van der Waals surface area contributed by atoms with Gasteiger partial charge in [-0.15, -0.1) is 16.4 Å². The van der Waals surface area contributed by atoms with Gasteiger partial charge in [0.05, 0.1) is 19.8 Å². The van der Waals surface area contributed by atoms with Gasteiger partial charge < -0.3 is 4.74 Å². The fourth-order valence-corrected chi connectivity index (χ4v) is 6.79. The maximum Gasteiger partial charge on any atom is 0.253 e. The van der Waals surface area contributed by atoms with Crippen LogP contribution in [0.25, 0.3) is 16.0 Å². The number of aromatic nitrogens is 6. The molecule has 0 amide bonds. The summed E-state index contributed by atoms with van der Waals surface area (Å²) in [5, 5.41) is 7.58. The number of morpholine rings is 1. The monoisotopic (exact) mass is 467 g/mol. The molecule has 5 heterocycles. The quantitative estimate of drug-likeness (QED) is 0.421. The van der Waals surface area contributed by atoms with E-state index in [9.17, 15) is 0 Å². The summed E-state index contributed by atoms with van der Waals surface area (Å²) in [6, 6.07) is 2.02. The Balaban J connectivity index is 1.43. The van der Waals surface area contributed by atoms with Crippen molar-refractivity contribution in [2.45, 2.75) is 56.3 Å². The highest BCUT2D eigenvalue weighted by Gasteiger charge is 2.24. The predicted octanol–water partition coefficient (Wildman–Crippen LogP) is 3.61. The van der Waals surface area contributed by atoms with Crippen LogP contribution in [-0.4, -0.2) is 60.8 Å². The third-order valence-electron chi connectivity index (χ3n) is 6.08. The number of aryl methyl sites for hydroxylation is 4. The average Bonchev–Trinajstić information content (AvgIpc) is 3.35. The Labute approximate surface area is 194 Å². The fraction of sp³-hybridized carbons (Fsp3) is 0.500. The molecule has 32 heavy (non-hydrogen) atoms. The number of hydrogen-bond acceptors (Lipinski definition) is 9. The third-order valence-corrected chi connectivity index (χ3v) is 8.11. The van der Waals surface area contributed by atoms with Gasteiger partial charge in [-0.3, -0.25) is 4.90 Å². The summed E-state index contributed by atoms with van der Waals surface area (Å²) in [6.07, 6.45) is 4.74. The normalized spacial score (nSPS) is 17.3. The first kappa shape index (κ1) is 20.5. The van der Waals surface area contributed by atoms with E-state index in [2.05, 4.69) is 9.88 Å². The van der Waals surface area contributed by atoms with Crippen LogP contribution >= 0.6 is 23.1 Å². The minimum Gasteiger partial charge on any atom is -0.379 e. The van der Waals surface area contributed by atoms with Crippen LogP contribution in [0.4, 0.5) is 0 Å². The lowest BCUT2D eigenvalue weighted by Gasteiger charge is -2.25. The second kappa shape index (κ2) is 8.33. The molecule has 0 aromatic carbocycles. The van der Waals surface area contributed by atoms with Crippen molar-refractivity contribution >= 4 is 39.1 Å². The first-order chi connectivity index (χ1) is 15.6. The molecule has 0 saturated carbocycles. The molecule has 1 fully saturated rings. The van der Waals surface area contributed by atoms with E-state index in [4.69, 9.17) is 24.8 Å². The number of fused-ring (bicyclic) bond motifs is 4. The Bertz CT molecular complexity index is 1310. The summed E-state index contributed by atoms with van der Waals surface area (Å²) in [7, 11) is 0. The van der Waals surface area contributed by atoms with E-state index in [0.29, 0.717) is 10.9 Å². The van der Waals surface area contributed by atoms with Crippen molar-refractivity contribution in [3.05, 3.63) is 33.7 Å². The molecule has 0 bridgehead atoms. The van der Waals surface area contributed by atoms with Crippen molar-refractivity contribution in [3.63, 3.8) is 0 Å². The zero-order valence-corrected chi connectivity index (χ0v) is 19.9. The highest BCUT2D eigenvalue weighted by molar-refractivity contribution is 7.99. The van der Waals surface area contributed by atoms with Gasteiger partial charge in [0.2, 0.25) is 5.16 Å². The molecule has 4 aromatic rings. The summed E-state index contributed by atoms with van der Waals surface area (Å²) >= 11 is 3.38. The van der Waals surface area contributed by atoms with E-state index in [0.717, 1.165) is 72.8 Å². The number of hydrogen-bond donors (Lipinski definition) is 0. The second-order valence-electron chi connectivity index (χ2n) is 8.47. The number of nitrogens with zero attached hydrogens (tertiary/aromatic N) is 7. The molecule has 8 nitrogen and oxygen atoms in total. The van der Waals surface area contributed by atoms with Crippen LogP contribution in [0.5, 0.6) is 0 Å². The summed E-state index contributed by atoms with van der Waals surface area (Å²) < 4.78 is 7.31. The van der Waals surface area contributed by atoms with Crippen molar-refractivity contribution in [1.29, 1.82) is 0 Å². The Morgan fingerprint density at radius 1 is 1.06 bits per heavy atom.